The molecule has 7 rings (SSSR count). The van der Waals surface area contributed by atoms with Gasteiger partial charge in [0.05, 0.1) is 50.3 Å². The Morgan fingerprint density at radius 2 is 1.69 bits per heavy atom. The second-order valence-electron chi connectivity index (χ2n) is 10.1. The molecule has 2 aromatic heterocycles. The molecule has 5 aromatic rings. The topological polar surface area (TPSA) is 129 Å². The Kier molecular flexibility index (Phi) is 5.77. The third-order valence-electron chi connectivity index (χ3n) is 8.12. The van der Waals surface area contributed by atoms with Crippen molar-refractivity contribution >= 4 is 0 Å². The minimum Gasteiger partial charge on any atom is -0.497 e. The third kappa shape index (κ3) is 3.35. The normalized spacial score (nSPS) is 21.6. The zero-order chi connectivity index (χ0) is 29.1. The van der Waals surface area contributed by atoms with Crippen LogP contribution in [0.4, 0.5) is 0 Å². The lowest BCUT2D eigenvalue weighted by Crippen LogP contribution is -2.49. The maximum absolute atomic E-state index is 14.1. The van der Waals surface area contributed by atoms with Crippen LogP contribution in [-0.2, 0) is 11.2 Å². The van der Waals surface area contributed by atoms with Crippen LogP contribution in [0, 0.1) is 0 Å². The van der Waals surface area contributed by atoms with E-state index in [0.29, 0.717) is 39.8 Å². The maximum Gasteiger partial charge on any atom is 0.255 e. The number of rotatable bonds is 6. The molecule has 0 saturated carbocycles. The molecule has 3 atom stereocenters. The molecule has 0 amide bonds. The first-order valence-electron chi connectivity index (χ1n) is 13.2. The molecule has 0 unspecified atom stereocenters. The van der Waals surface area contributed by atoms with Crippen LogP contribution < -0.4 is 24.5 Å². The van der Waals surface area contributed by atoms with Gasteiger partial charge in [0, 0.05) is 30.1 Å². The number of hydrogen-bond acceptors (Lipinski definition) is 9. The van der Waals surface area contributed by atoms with Gasteiger partial charge in [0.2, 0.25) is 0 Å². The molecule has 0 saturated heterocycles. The number of hydrogen-bond donors (Lipinski definition) is 2. The number of fused-ring (bicyclic) bond motifs is 5. The Bertz CT molecular complexity index is 1860. The number of aromatic nitrogens is 4. The Labute approximate surface area is 240 Å². The van der Waals surface area contributed by atoms with E-state index < -0.39 is 22.7 Å². The van der Waals surface area contributed by atoms with E-state index in [9.17, 15) is 9.90 Å². The first-order chi connectivity index (χ1) is 20.5. The molecular weight excluding hydrogens is 536 g/mol. The molecule has 0 radical (unpaired) electrons. The largest absolute Gasteiger partial charge is 0.497 e. The molecule has 0 bridgehead atoms. The summed E-state index contributed by atoms with van der Waals surface area (Å²) in [5.41, 5.74) is -1.54. The minimum atomic E-state index is -1.99. The summed E-state index contributed by atoms with van der Waals surface area (Å²) < 4.78 is 23.7. The quantitative estimate of drug-likeness (QED) is 0.316. The van der Waals surface area contributed by atoms with Crippen molar-refractivity contribution in [3.05, 3.63) is 124 Å². The number of aromatic amines is 1. The second kappa shape index (κ2) is 9.42. The first-order valence-corrected chi connectivity index (χ1v) is 13.2. The van der Waals surface area contributed by atoms with Gasteiger partial charge < -0.3 is 29.0 Å². The number of ether oxygens (including phenoxy) is 4. The fourth-order valence-corrected chi connectivity index (χ4v) is 6.37. The van der Waals surface area contributed by atoms with E-state index in [0.717, 1.165) is 5.56 Å². The molecule has 10 nitrogen and oxygen atoms in total. The number of nitrogens with zero attached hydrogens (tertiary/aromatic N) is 3. The summed E-state index contributed by atoms with van der Waals surface area (Å²) in [6.07, 6.45) is 4.54. The molecule has 3 aromatic carbocycles. The summed E-state index contributed by atoms with van der Waals surface area (Å²) in [4.78, 5) is 30.4. The Balaban J connectivity index is 1.64. The molecule has 0 fully saturated rings. The van der Waals surface area contributed by atoms with E-state index in [4.69, 9.17) is 23.9 Å². The zero-order valence-corrected chi connectivity index (χ0v) is 23.0. The van der Waals surface area contributed by atoms with Crippen LogP contribution in [0.2, 0.25) is 0 Å². The van der Waals surface area contributed by atoms with E-state index in [1.807, 2.05) is 42.5 Å². The van der Waals surface area contributed by atoms with E-state index in [2.05, 4.69) is 15.0 Å². The van der Waals surface area contributed by atoms with Crippen LogP contribution >= 0.6 is 0 Å². The summed E-state index contributed by atoms with van der Waals surface area (Å²) in [6, 6.07) is 20.1. The smallest absolute Gasteiger partial charge is 0.255 e. The Morgan fingerprint density at radius 3 is 2.36 bits per heavy atom. The third-order valence-corrected chi connectivity index (χ3v) is 8.12. The summed E-state index contributed by atoms with van der Waals surface area (Å²) in [6.45, 7) is 0. The van der Waals surface area contributed by atoms with Gasteiger partial charge in [-0.1, -0.05) is 42.5 Å². The van der Waals surface area contributed by atoms with Crippen molar-refractivity contribution in [2.75, 3.05) is 21.3 Å². The van der Waals surface area contributed by atoms with E-state index in [1.165, 1.54) is 25.7 Å². The SMILES string of the molecule is COc1ccc([C@@]23Oc4cc(OC)cc(OC)c4[C@]2(O)c2nc(-c4cnccn4)[nH]c(=O)c2[C@H]3c2ccccc2)cc1. The van der Waals surface area contributed by atoms with Crippen molar-refractivity contribution in [1.82, 2.24) is 19.9 Å². The van der Waals surface area contributed by atoms with Gasteiger partial charge in [-0.05, 0) is 17.7 Å². The Hall–Kier alpha value is -5.22. The van der Waals surface area contributed by atoms with E-state index in [-0.39, 0.29) is 17.1 Å². The highest BCUT2D eigenvalue weighted by Crippen LogP contribution is 2.69. The molecule has 2 N–H and O–H groups in total. The van der Waals surface area contributed by atoms with E-state index in [1.54, 1.807) is 38.5 Å². The highest BCUT2D eigenvalue weighted by molar-refractivity contribution is 5.69. The number of nitrogens with one attached hydrogen (secondary N) is 1. The Morgan fingerprint density at radius 1 is 0.929 bits per heavy atom. The van der Waals surface area contributed by atoms with Gasteiger partial charge in [0.1, 0.15) is 28.7 Å². The number of methoxy groups -OCH3 is 3. The molecule has 0 spiro atoms. The van der Waals surface area contributed by atoms with Gasteiger partial charge >= 0.3 is 0 Å². The molecular formula is C32H26N4O6. The summed E-state index contributed by atoms with van der Waals surface area (Å²) >= 11 is 0. The predicted octanol–water partition coefficient (Wildman–Crippen LogP) is 3.92. The van der Waals surface area contributed by atoms with Crippen LogP contribution in [-0.4, -0.2) is 46.4 Å². The highest BCUT2D eigenvalue weighted by atomic mass is 16.5. The van der Waals surface area contributed by atoms with Crippen LogP contribution in [0.1, 0.15) is 33.9 Å². The van der Waals surface area contributed by atoms with E-state index >= 15 is 0 Å². The standard InChI is InChI=1S/C32H26N4O6/c1-39-20-11-9-19(10-12-20)32-26(18-7-5-4-6-8-18)25-28(35-29(36-30(25)37)22-17-33-13-14-34-22)31(32,38)27-23(41-3)15-21(40-2)16-24(27)42-32/h4-17,26,38H,1-3H3,(H,35,36,37)/t26-,31+,32+/m1/s1. The van der Waals surface area contributed by atoms with Gasteiger partial charge in [-0.25, -0.2) is 9.97 Å². The molecule has 3 heterocycles. The zero-order valence-electron chi connectivity index (χ0n) is 23.0. The van der Waals surface area contributed by atoms with Crippen molar-refractivity contribution in [2.24, 2.45) is 0 Å². The molecule has 210 valence electrons. The molecule has 1 aliphatic heterocycles. The van der Waals surface area contributed by atoms with Crippen molar-refractivity contribution in [2.45, 2.75) is 17.1 Å². The maximum atomic E-state index is 14.1. The summed E-state index contributed by atoms with van der Waals surface area (Å²) in [5, 5.41) is 13.3. The highest BCUT2D eigenvalue weighted by Gasteiger charge is 2.73. The van der Waals surface area contributed by atoms with Crippen molar-refractivity contribution in [3.8, 4) is 34.5 Å². The molecule has 2 aliphatic rings. The van der Waals surface area contributed by atoms with Gasteiger partial charge in [0.25, 0.3) is 5.56 Å². The van der Waals surface area contributed by atoms with Gasteiger partial charge in [0.15, 0.2) is 17.0 Å². The lowest BCUT2D eigenvalue weighted by Gasteiger charge is -2.40. The first kappa shape index (κ1) is 25.7. The number of benzene rings is 3. The molecule has 10 heteroatoms. The second-order valence-corrected chi connectivity index (χ2v) is 10.1. The molecule has 1 aliphatic carbocycles. The van der Waals surface area contributed by atoms with Crippen LogP contribution in [0.25, 0.3) is 11.5 Å². The van der Waals surface area contributed by atoms with Crippen molar-refractivity contribution in [1.29, 1.82) is 0 Å². The lowest BCUT2D eigenvalue weighted by atomic mass is 9.70. The fourth-order valence-electron chi connectivity index (χ4n) is 6.37. The van der Waals surface area contributed by atoms with Gasteiger partial charge in [-0.3, -0.25) is 9.78 Å². The van der Waals surface area contributed by atoms with Gasteiger partial charge in [-0.15, -0.1) is 0 Å². The number of aliphatic hydroxyl groups is 1. The van der Waals surface area contributed by atoms with Crippen LogP contribution in [0.3, 0.4) is 0 Å². The summed E-state index contributed by atoms with van der Waals surface area (Å²) in [7, 11) is 4.63. The van der Waals surface area contributed by atoms with Crippen molar-refractivity contribution < 1.29 is 24.1 Å². The minimum absolute atomic E-state index is 0.138. The van der Waals surface area contributed by atoms with Crippen molar-refractivity contribution in [3.63, 3.8) is 0 Å². The summed E-state index contributed by atoms with van der Waals surface area (Å²) in [5.74, 6) is 1.15. The molecule has 42 heavy (non-hydrogen) atoms. The van der Waals surface area contributed by atoms with Gasteiger partial charge in [-0.2, -0.15) is 0 Å². The average Bonchev–Trinajstić information content (AvgIpc) is 3.44. The number of H-pyrrole nitrogens is 1. The predicted molar refractivity (Wildman–Crippen MR) is 152 cm³/mol. The lowest BCUT2D eigenvalue weighted by molar-refractivity contribution is -0.0909. The average molecular weight is 563 g/mol. The fraction of sp³-hybridized carbons (Fsp3) is 0.188. The monoisotopic (exact) mass is 562 g/mol. The van der Waals surface area contributed by atoms with Crippen LogP contribution in [0.5, 0.6) is 23.0 Å². The van der Waals surface area contributed by atoms with Crippen LogP contribution in [0.15, 0.2) is 90.1 Å².